The first kappa shape index (κ1) is 20.5. The second kappa shape index (κ2) is 8.96. The lowest BCUT2D eigenvalue weighted by Crippen LogP contribution is -2.46. The Labute approximate surface area is 187 Å². The maximum atomic E-state index is 12.4. The highest BCUT2D eigenvalue weighted by Crippen LogP contribution is 2.25. The van der Waals surface area contributed by atoms with Crippen molar-refractivity contribution in [3.63, 3.8) is 0 Å². The molecule has 0 atom stereocenters. The van der Waals surface area contributed by atoms with E-state index in [0.29, 0.717) is 17.7 Å². The van der Waals surface area contributed by atoms with Crippen LogP contribution in [0.4, 0.5) is 5.88 Å². The van der Waals surface area contributed by atoms with E-state index < -0.39 is 0 Å². The van der Waals surface area contributed by atoms with Gasteiger partial charge in [0, 0.05) is 44.4 Å². The number of unbranched alkanes of at least 4 members (excludes halogenated alkanes) is 1. The van der Waals surface area contributed by atoms with Crippen molar-refractivity contribution in [3.05, 3.63) is 71.8 Å². The molecule has 0 saturated carbocycles. The van der Waals surface area contributed by atoms with Crippen molar-refractivity contribution in [2.45, 2.75) is 12.8 Å². The van der Waals surface area contributed by atoms with Crippen LogP contribution in [0.25, 0.3) is 11.3 Å². The molecule has 7 nitrogen and oxygen atoms in total. The summed E-state index contributed by atoms with van der Waals surface area (Å²) in [4.78, 5) is 30.9. The van der Waals surface area contributed by atoms with Crippen LogP contribution in [-0.4, -0.2) is 66.0 Å². The number of anilines is 1. The van der Waals surface area contributed by atoms with Crippen molar-refractivity contribution >= 4 is 17.7 Å². The number of rotatable bonds is 7. The molecule has 3 aromatic rings. The molecule has 5 rings (SSSR count). The van der Waals surface area contributed by atoms with Crippen LogP contribution in [0.3, 0.4) is 0 Å². The van der Waals surface area contributed by atoms with E-state index in [1.165, 1.54) is 4.90 Å². The molecule has 0 aliphatic carbocycles. The zero-order chi connectivity index (χ0) is 21.9. The monoisotopic (exact) mass is 430 g/mol. The second-order valence-corrected chi connectivity index (χ2v) is 8.26. The molecule has 0 radical (unpaired) electrons. The maximum absolute atomic E-state index is 12.4. The van der Waals surface area contributed by atoms with Gasteiger partial charge in [-0.3, -0.25) is 19.4 Å². The average Bonchev–Trinajstić information content (AvgIpc) is 3.43. The second-order valence-electron chi connectivity index (χ2n) is 8.26. The summed E-state index contributed by atoms with van der Waals surface area (Å²) in [5.74, 6) is 0.483. The molecule has 0 unspecified atom stereocenters. The van der Waals surface area contributed by atoms with Crippen molar-refractivity contribution in [2.75, 3.05) is 44.2 Å². The van der Waals surface area contributed by atoms with Gasteiger partial charge in [0.05, 0.1) is 11.1 Å². The van der Waals surface area contributed by atoms with E-state index >= 15 is 0 Å². The Morgan fingerprint density at radius 2 is 1.41 bits per heavy atom. The van der Waals surface area contributed by atoms with Gasteiger partial charge in [-0.1, -0.05) is 47.6 Å². The topological polar surface area (TPSA) is 69.9 Å². The molecule has 7 heteroatoms. The highest BCUT2D eigenvalue weighted by atomic mass is 16.5. The summed E-state index contributed by atoms with van der Waals surface area (Å²) in [6.45, 7) is 5.13. The Morgan fingerprint density at radius 3 is 2.09 bits per heavy atom. The summed E-state index contributed by atoms with van der Waals surface area (Å²) in [7, 11) is 0. The number of carbonyl (C=O) groups excluding carboxylic acids is 2. The minimum atomic E-state index is -0.166. The van der Waals surface area contributed by atoms with Gasteiger partial charge in [0.1, 0.15) is 5.69 Å². The summed E-state index contributed by atoms with van der Waals surface area (Å²) >= 11 is 0. The van der Waals surface area contributed by atoms with Gasteiger partial charge in [0.25, 0.3) is 11.8 Å². The fourth-order valence-corrected chi connectivity index (χ4v) is 4.40. The third-order valence-electron chi connectivity index (χ3n) is 6.24. The third-order valence-corrected chi connectivity index (χ3v) is 6.24. The normalized spacial score (nSPS) is 16.6. The smallest absolute Gasteiger partial charge is 0.261 e. The summed E-state index contributed by atoms with van der Waals surface area (Å²) in [6, 6.07) is 19.1. The molecule has 1 aromatic heterocycles. The minimum absolute atomic E-state index is 0.166. The lowest BCUT2D eigenvalue weighted by atomic mass is 10.1. The molecule has 3 heterocycles. The summed E-state index contributed by atoms with van der Waals surface area (Å²) in [5, 5.41) is 4.22. The fourth-order valence-electron chi connectivity index (χ4n) is 4.40. The number of piperazine rings is 1. The van der Waals surface area contributed by atoms with Crippen molar-refractivity contribution in [1.82, 2.24) is 15.0 Å². The van der Waals surface area contributed by atoms with Crippen LogP contribution in [0.5, 0.6) is 0 Å². The van der Waals surface area contributed by atoms with Crippen LogP contribution in [0.15, 0.2) is 65.2 Å². The molecule has 2 aromatic carbocycles. The zero-order valence-electron chi connectivity index (χ0n) is 17.9. The fraction of sp³-hybridized carbons (Fsp3) is 0.320. The van der Waals surface area contributed by atoms with E-state index in [-0.39, 0.29) is 11.8 Å². The van der Waals surface area contributed by atoms with E-state index in [2.05, 4.69) is 15.0 Å². The van der Waals surface area contributed by atoms with Crippen LogP contribution in [0, 0.1) is 0 Å². The predicted octanol–water partition coefficient (Wildman–Crippen LogP) is 3.54. The van der Waals surface area contributed by atoms with Gasteiger partial charge in [-0.05, 0) is 31.5 Å². The lowest BCUT2D eigenvalue weighted by Gasteiger charge is -2.34. The number of hydrogen-bond acceptors (Lipinski definition) is 6. The predicted molar refractivity (Wildman–Crippen MR) is 122 cm³/mol. The minimum Gasteiger partial charge on any atom is -0.338 e. The van der Waals surface area contributed by atoms with Gasteiger partial charge in [0.15, 0.2) is 0 Å². The van der Waals surface area contributed by atoms with E-state index in [1.54, 1.807) is 24.3 Å². The summed E-state index contributed by atoms with van der Waals surface area (Å²) < 4.78 is 5.58. The Morgan fingerprint density at radius 1 is 0.781 bits per heavy atom. The van der Waals surface area contributed by atoms with Crippen molar-refractivity contribution in [2.24, 2.45) is 0 Å². The first-order valence-corrected chi connectivity index (χ1v) is 11.2. The van der Waals surface area contributed by atoms with Crippen LogP contribution in [0.1, 0.15) is 33.6 Å². The molecule has 2 amide bonds. The van der Waals surface area contributed by atoms with Gasteiger partial charge in [-0.2, -0.15) is 0 Å². The molecule has 164 valence electrons. The largest absolute Gasteiger partial charge is 0.338 e. The van der Waals surface area contributed by atoms with E-state index in [9.17, 15) is 9.59 Å². The van der Waals surface area contributed by atoms with E-state index in [1.807, 2.05) is 36.4 Å². The molecule has 1 saturated heterocycles. The summed E-state index contributed by atoms with van der Waals surface area (Å²) in [6.07, 6.45) is 1.77. The van der Waals surface area contributed by atoms with Gasteiger partial charge < -0.3 is 9.42 Å². The molecule has 0 spiro atoms. The SMILES string of the molecule is O=C1c2ccccc2C(=O)N1CCCCN1CCN(c2cc(-c3ccccc3)no2)CC1. The Balaban J connectivity index is 1.06. The van der Waals surface area contributed by atoms with Gasteiger partial charge in [0.2, 0.25) is 5.88 Å². The van der Waals surface area contributed by atoms with Gasteiger partial charge in [-0.25, -0.2) is 0 Å². The van der Waals surface area contributed by atoms with Gasteiger partial charge >= 0.3 is 0 Å². The Hall–Kier alpha value is -3.45. The van der Waals surface area contributed by atoms with Crippen LogP contribution >= 0.6 is 0 Å². The van der Waals surface area contributed by atoms with Crippen molar-refractivity contribution < 1.29 is 14.1 Å². The quantitative estimate of drug-likeness (QED) is 0.422. The number of carbonyl (C=O) groups is 2. The van der Waals surface area contributed by atoms with Gasteiger partial charge in [-0.15, -0.1) is 0 Å². The number of amides is 2. The molecule has 2 aliphatic heterocycles. The number of benzene rings is 2. The molecule has 32 heavy (non-hydrogen) atoms. The molecular formula is C25H26N4O3. The first-order chi connectivity index (χ1) is 15.7. The van der Waals surface area contributed by atoms with Crippen LogP contribution in [0.2, 0.25) is 0 Å². The zero-order valence-corrected chi connectivity index (χ0v) is 17.9. The molecule has 0 bridgehead atoms. The average molecular weight is 431 g/mol. The van der Waals surface area contributed by atoms with Crippen molar-refractivity contribution in [3.8, 4) is 11.3 Å². The number of nitrogens with zero attached hydrogens (tertiary/aromatic N) is 4. The van der Waals surface area contributed by atoms with Crippen LogP contribution in [-0.2, 0) is 0 Å². The maximum Gasteiger partial charge on any atom is 0.261 e. The molecule has 1 fully saturated rings. The van der Waals surface area contributed by atoms with Crippen molar-refractivity contribution in [1.29, 1.82) is 0 Å². The first-order valence-electron chi connectivity index (χ1n) is 11.2. The number of fused-ring (bicyclic) bond motifs is 1. The molecular weight excluding hydrogens is 404 g/mol. The Bertz CT molecular complexity index is 1070. The van der Waals surface area contributed by atoms with E-state index in [0.717, 1.165) is 62.7 Å². The molecule has 2 aliphatic rings. The third kappa shape index (κ3) is 4.03. The standard InChI is InChI=1S/C25H26N4O3/c30-24-20-10-4-5-11-21(20)25(31)29(24)13-7-6-12-27-14-16-28(17-15-27)23-18-22(26-32-23)19-8-2-1-3-9-19/h1-5,8-11,18H,6-7,12-17H2. The highest BCUT2D eigenvalue weighted by Gasteiger charge is 2.34. The number of aromatic nitrogens is 1. The number of imide groups is 1. The lowest BCUT2D eigenvalue weighted by molar-refractivity contribution is 0.0650. The molecule has 0 N–H and O–H groups in total. The Kier molecular flexibility index (Phi) is 5.73. The number of hydrogen-bond donors (Lipinski definition) is 0. The van der Waals surface area contributed by atoms with E-state index in [4.69, 9.17) is 4.52 Å². The van der Waals surface area contributed by atoms with Crippen LogP contribution < -0.4 is 4.90 Å². The summed E-state index contributed by atoms with van der Waals surface area (Å²) in [5.41, 5.74) is 2.96. The highest BCUT2D eigenvalue weighted by molar-refractivity contribution is 6.21.